The van der Waals surface area contributed by atoms with Gasteiger partial charge >= 0.3 is 6.03 Å². The molecule has 0 spiro atoms. The summed E-state index contributed by atoms with van der Waals surface area (Å²) in [5.41, 5.74) is 3.09. The maximum Gasteiger partial charge on any atom is 0.327 e. The molecule has 0 radical (unpaired) electrons. The molecule has 6 nitrogen and oxygen atoms in total. The highest BCUT2D eigenvalue weighted by Crippen LogP contribution is 2.39. The molecule has 1 N–H and O–H groups in total. The molecule has 4 aromatic rings. The third kappa shape index (κ3) is 4.28. The summed E-state index contributed by atoms with van der Waals surface area (Å²) in [5.74, 6) is -1.66. The summed E-state index contributed by atoms with van der Waals surface area (Å²) in [6.45, 7) is 3.57. The normalized spacial score (nSPS) is 16.0. The third-order valence-electron chi connectivity index (χ3n) is 5.76. The number of anilines is 1. The fraction of sp³-hybridized carbons (Fsp3) is 0.115. The zero-order chi connectivity index (χ0) is 24.7. The summed E-state index contributed by atoms with van der Waals surface area (Å²) in [4.78, 5) is 18.8. The summed E-state index contributed by atoms with van der Waals surface area (Å²) < 4.78 is 47.1. The van der Waals surface area contributed by atoms with Gasteiger partial charge in [0.1, 0.15) is 17.5 Å². The topological polar surface area (TPSA) is 71.3 Å². The van der Waals surface area contributed by atoms with Crippen molar-refractivity contribution in [3.8, 4) is 11.4 Å². The first-order valence-electron chi connectivity index (χ1n) is 10.7. The molecule has 2 amide bonds. The number of allylic oxidation sites excluding steroid dienone is 1. The van der Waals surface area contributed by atoms with Gasteiger partial charge in [-0.25, -0.2) is 18.0 Å². The molecule has 0 saturated heterocycles. The van der Waals surface area contributed by atoms with Crippen molar-refractivity contribution in [2.45, 2.75) is 19.9 Å². The maximum absolute atomic E-state index is 14.0. The lowest BCUT2D eigenvalue weighted by atomic mass is 9.94. The van der Waals surface area contributed by atoms with Crippen LogP contribution in [0.15, 0.2) is 77.0 Å². The first-order chi connectivity index (χ1) is 16.8. The largest absolute Gasteiger partial charge is 0.334 e. The molecule has 9 heteroatoms. The molecular weight excluding hydrogens is 457 g/mol. The summed E-state index contributed by atoms with van der Waals surface area (Å²) in [7, 11) is 0. The second-order valence-electron chi connectivity index (χ2n) is 8.19. The molecule has 3 aromatic carbocycles. The number of nitrogens with zero attached hydrogens (tertiary/aromatic N) is 3. The molecule has 2 heterocycles. The van der Waals surface area contributed by atoms with E-state index in [1.807, 2.05) is 31.2 Å². The Morgan fingerprint density at radius 1 is 0.886 bits per heavy atom. The predicted molar refractivity (Wildman–Crippen MR) is 124 cm³/mol. The highest BCUT2D eigenvalue weighted by Gasteiger charge is 2.36. The highest BCUT2D eigenvalue weighted by molar-refractivity contribution is 6.01. The number of aromatic nitrogens is 2. The van der Waals surface area contributed by atoms with Gasteiger partial charge in [0.2, 0.25) is 5.82 Å². The number of carbonyl (C=O) groups is 1. The van der Waals surface area contributed by atoms with Gasteiger partial charge in [0, 0.05) is 17.3 Å². The van der Waals surface area contributed by atoms with Crippen molar-refractivity contribution in [1.29, 1.82) is 0 Å². The van der Waals surface area contributed by atoms with Crippen molar-refractivity contribution in [2.24, 2.45) is 0 Å². The SMILES string of the molecule is CC1=C(c2nc(-c3ccc(C)cc3)no2)C(c2ccc(F)cc2)NC(=O)N1c1cc(F)cc(F)c1. The van der Waals surface area contributed by atoms with E-state index in [9.17, 15) is 18.0 Å². The molecule has 1 aliphatic rings. The molecule has 1 atom stereocenters. The fourth-order valence-electron chi connectivity index (χ4n) is 4.06. The number of halogens is 3. The summed E-state index contributed by atoms with van der Waals surface area (Å²) >= 11 is 0. The van der Waals surface area contributed by atoms with Gasteiger partial charge in [-0.1, -0.05) is 47.1 Å². The van der Waals surface area contributed by atoms with E-state index in [4.69, 9.17) is 4.52 Å². The van der Waals surface area contributed by atoms with E-state index in [0.717, 1.165) is 34.2 Å². The van der Waals surface area contributed by atoms with E-state index in [1.54, 1.807) is 6.92 Å². The van der Waals surface area contributed by atoms with Crippen LogP contribution in [0.4, 0.5) is 23.7 Å². The van der Waals surface area contributed by atoms with Crippen LogP contribution in [0.5, 0.6) is 0 Å². The standard InChI is InChI=1S/C26H19F3N4O2/c1-14-3-5-17(6-4-14)24-31-25(35-32-24)22-15(2)33(21-12-19(28)11-20(29)13-21)26(34)30-23(22)16-7-9-18(27)10-8-16/h3-13,23H,1-2H3,(H,30,34). The van der Waals surface area contributed by atoms with E-state index >= 15 is 0 Å². The molecule has 176 valence electrons. The first kappa shape index (κ1) is 22.4. The third-order valence-corrected chi connectivity index (χ3v) is 5.76. The number of benzene rings is 3. The van der Waals surface area contributed by atoms with E-state index in [-0.39, 0.29) is 11.6 Å². The van der Waals surface area contributed by atoms with Crippen LogP contribution in [-0.2, 0) is 0 Å². The van der Waals surface area contributed by atoms with Gasteiger partial charge in [-0.2, -0.15) is 4.98 Å². The Morgan fingerprint density at radius 3 is 2.20 bits per heavy atom. The average molecular weight is 476 g/mol. The lowest BCUT2D eigenvalue weighted by molar-refractivity contribution is 0.244. The van der Waals surface area contributed by atoms with E-state index in [2.05, 4.69) is 15.5 Å². The van der Waals surface area contributed by atoms with Crippen LogP contribution >= 0.6 is 0 Å². The quantitative estimate of drug-likeness (QED) is 0.383. The van der Waals surface area contributed by atoms with Crippen LogP contribution in [0.3, 0.4) is 0 Å². The van der Waals surface area contributed by atoms with Gasteiger partial charge in [-0.05, 0) is 43.7 Å². The molecule has 1 aromatic heterocycles. The van der Waals surface area contributed by atoms with Gasteiger partial charge in [0.05, 0.1) is 17.3 Å². The van der Waals surface area contributed by atoms with Crippen LogP contribution in [0.25, 0.3) is 17.0 Å². The van der Waals surface area contributed by atoms with Crippen LogP contribution in [0.2, 0.25) is 0 Å². The molecule has 1 unspecified atom stereocenters. The molecule has 0 fully saturated rings. The van der Waals surface area contributed by atoms with Gasteiger partial charge in [-0.3, -0.25) is 4.90 Å². The molecule has 0 bridgehead atoms. The Kier molecular flexibility index (Phi) is 5.60. The molecule has 1 aliphatic heterocycles. The number of urea groups is 1. The van der Waals surface area contributed by atoms with E-state index in [1.165, 1.54) is 24.3 Å². The van der Waals surface area contributed by atoms with Crippen molar-refractivity contribution < 1.29 is 22.5 Å². The lowest BCUT2D eigenvalue weighted by Crippen LogP contribution is -2.46. The Bertz CT molecular complexity index is 1430. The number of hydrogen-bond donors (Lipinski definition) is 1. The maximum atomic E-state index is 14.0. The lowest BCUT2D eigenvalue weighted by Gasteiger charge is -2.35. The van der Waals surface area contributed by atoms with Crippen molar-refractivity contribution in [3.05, 3.63) is 107 Å². The molecular formula is C26H19F3N4O2. The zero-order valence-corrected chi connectivity index (χ0v) is 18.7. The van der Waals surface area contributed by atoms with Crippen molar-refractivity contribution >= 4 is 17.3 Å². The first-order valence-corrected chi connectivity index (χ1v) is 10.7. The number of carbonyl (C=O) groups excluding carboxylic acids is 1. The van der Waals surface area contributed by atoms with Crippen LogP contribution < -0.4 is 10.2 Å². The van der Waals surface area contributed by atoms with Crippen molar-refractivity contribution in [1.82, 2.24) is 15.5 Å². The zero-order valence-electron chi connectivity index (χ0n) is 18.7. The second-order valence-corrected chi connectivity index (χ2v) is 8.19. The smallest absolute Gasteiger partial charge is 0.327 e. The van der Waals surface area contributed by atoms with E-state index in [0.29, 0.717) is 22.7 Å². The minimum Gasteiger partial charge on any atom is -0.334 e. The summed E-state index contributed by atoms with van der Waals surface area (Å²) in [6.07, 6.45) is 0. The number of rotatable bonds is 4. The van der Waals surface area contributed by atoms with Crippen molar-refractivity contribution in [3.63, 3.8) is 0 Å². The van der Waals surface area contributed by atoms with Gasteiger partial charge in [0.15, 0.2) is 0 Å². The van der Waals surface area contributed by atoms with E-state index < -0.39 is 29.5 Å². The van der Waals surface area contributed by atoms with Gasteiger partial charge in [0.25, 0.3) is 5.89 Å². The van der Waals surface area contributed by atoms with Gasteiger partial charge < -0.3 is 9.84 Å². The molecule has 5 rings (SSSR count). The number of hydrogen-bond acceptors (Lipinski definition) is 4. The predicted octanol–water partition coefficient (Wildman–Crippen LogP) is 6.16. The fourth-order valence-corrected chi connectivity index (χ4v) is 4.06. The minimum absolute atomic E-state index is 0.00849. The Hall–Kier alpha value is -4.40. The Balaban J connectivity index is 1.66. The van der Waals surface area contributed by atoms with Crippen molar-refractivity contribution in [2.75, 3.05) is 4.90 Å². The summed E-state index contributed by atoms with van der Waals surface area (Å²) in [6, 6.07) is 14.6. The molecule has 35 heavy (non-hydrogen) atoms. The monoisotopic (exact) mass is 476 g/mol. The number of amides is 2. The molecule has 0 aliphatic carbocycles. The summed E-state index contributed by atoms with van der Waals surface area (Å²) in [5, 5.41) is 6.89. The minimum atomic E-state index is -0.831. The van der Waals surface area contributed by atoms with Gasteiger partial charge in [-0.15, -0.1) is 0 Å². The van der Waals surface area contributed by atoms with Crippen LogP contribution in [0.1, 0.15) is 30.0 Å². The molecule has 0 saturated carbocycles. The highest BCUT2D eigenvalue weighted by atomic mass is 19.1. The Labute approximate surface area is 198 Å². The second kappa shape index (κ2) is 8.75. The van der Waals surface area contributed by atoms with Crippen LogP contribution in [0, 0.1) is 24.4 Å². The number of nitrogens with one attached hydrogen (secondary N) is 1. The Morgan fingerprint density at radius 2 is 1.54 bits per heavy atom. The van der Waals surface area contributed by atoms with Crippen LogP contribution in [-0.4, -0.2) is 16.2 Å². The number of aryl methyl sites for hydroxylation is 1. The average Bonchev–Trinajstić information content (AvgIpc) is 3.29.